The Morgan fingerprint density at radius 3 is 2.43 bits per heavy atom. The summed E-state index contributed by atoms with van der Waals surface area (Å²) in [6, 6.07) is 16.2. The third-order valence-corrected chi connectivity index (χ3v) is 4.27. The zero-order valence-electron chi connectivity index (χ0n) is 12.8. The summed E-state index contributed by atoms with van der Waals surface area (Å²) in [5, 5.41) is 0.846. The van der Waals surface area contributed by atoms with Crippen molar-refractivity contribution in [1.82, 2.24) is 4.57 Å². The maximum Gasteiger partial charge on any atom is 0.395 e. The van der Waals surface area contributed by atoms with Crippen LogP contribution >= 0.6 is 0 Å². The molecule has 0 amide bonds. The molecule has 0 spiro atoms. The number of rotatable bonds is 4. The molecule has 120 valence electrons. The quantitative estimate of drug-likeness (QED) is 0.602. The predicted molar refractivity (Wildman–Crippen MR) is 86.5 cm³/mol. The molecule has 1 heterocycles. The largest absolute Gasteiger partial charge is 0.395 e. The summed E-state index contributed by atoms with van der Waals surface area (Å²) in [6.45, 7) is 0. The lowest BCUT2D eigenvalue weighted by molar-refractivity contribution is -0.151. The number of hydrogen-bond donors (Lipinski definition) is 0. The molecule has 0 fully saturated rings. The van der Waals surface area contributed by atoms with E-state index in [0.717, 1.165) is 16.5 Å². The molecular formula is C19H18F3N. The lowest BCUT2D eigenvalue weighted by atomic mass is 9.91. The lowest BCUT2D eigenvalue weighted by Gasteiger charge is -2.21. The van der Waals surface area contributed by atoms with Crippen LogP contribution in [-0.2, 0) is 13.5 Å². The lowest BCUT2D eigenvalue weighted by Crippen LogP contribution is -2.21. The first-order chi connectivity index (χ1) is 10.9. The van der Waals surface area contributed by atoms with Crippen LogP contribution in [0.1, 0.15) is 23.5 Å². The van der Waals surface area contributed by atoms with E-state index in [1.165, 1.54) is 0 Å². The van der Waals surface area contributed by atoms with Gasteiger partial charge in [-0.2, -0.15) is 13.2 Å². The molecule has 4 heteroatoms. The van der Waals surface area contributed by atoms with Gasteiger partial charge >= 0.3 is 6.18 Å². The molecule has 1 atom stereocenters. The van der Waals surface area contributed by atoms with E-state index in [-0.39, 0.29) is 6.42 Å². The summed E-state index contributed by atoms with van der Waals surface area (Å²) in [5.41, 5.74) is 2.22. The molecule has 0 saturated heterocycles. The Balaban J connectivity index is 1.88. The van der Waals surface area contributed by atoms with E-state index >= 15 is 0 Å². The number of nitrogens with zero attached hydrogens (tertiary/aromatic N) is 1. The molecule has 0 N–H and O–H groups in total. The molecular weight excluding hydrogens is 299 g/mol. The van der Waals surface area contributed by atoms with Gasteiger partial charge in [0.1, 0.15) is 0 Å². The van der Waals surface area contributed by atoms with Gasteiger partial charge in [-0.3, -0.25) is 0 Å². The fraction of sp³-hybridized carbons (Fsp3) is 0.263. The van der Waals surface area contributed by atoms with Crippen molar-refractivity contribution in [3.05, 3.63) is 71.9 Å². The highest BCUT2D eigenvalue weighted by Gasteiger charge is 2.40. The van der Waals surface area contributed by atoms with Crippen molar-refractivity contribution >= 4 is 10.9 Å². The highest BCUT2D eigenvalue weighted by Crippen LogP contribution is 2.39. The second-order valence-electron chi connectivity index (χ2n) is 5.86. The van der Waals surface area contributed by atoms with Crippen molar-refractivity contribution in [1.29, 1.82) is 0 Å². The van der Waals surface area contributed by atoms with Gasteiger partial charge in [-0.05, 0) is 47.6 Å². The van der Waals surface area contributed by atoms with E-state index in [2.05, 4.69) is 0 Å². The fourth-order valence-corrected chi connectivity index (χ4v) is 2.99. The van der Waals surface area contributed by atoms with Crippen LogP contribution in [0.25, 0.3) is 10.9 Å². The number of halogens is 3. The molecule has 0 radical (unpaired) electrons. The smallest absolute Gasteiger partial charge is 0.351 e. The Labute approximate surface area is 133 Å². The van der Waals surface area contributed by atoms with Crippen LogP contribution in [0.15, 0.2) is 60.8 Å². The standard InChI is InChI=1S/C19H18F3N/c1-23-12-11-16-13-15(8-10-18(16)23)17(19(20,21)22)9-7-14-5-3-2-4-6-14/h2-6,8,10-13,17H,7,9H2,1H3/t17-/m1/s1. The molecule has 3 aromatic rings. The summed E-state index contributed by atoms with van der Waals surface area (Å²) in [5.74, 6) is -1.44. The van der Waals surface area contributed by atoms with Gasteiger partial charge in [0.15, 0.2) is 0 Å². The Morgan fingerprint density at radius 1 is 1.00 bits per heavy atom. The molecule has 1 aromatic heterocycles. The zero-order chi connectivity index (χ0) is 16.4. The van der Waals surface area contributed by atoms with Crippen LogP contribution in [0.4, 0.5) is 13.2 Å². The third kappa shape index (κ3) is 3.41. The molecule has 0 bridgehead atoms. The van der Waals surface area contributed by atoms with Crippen LogP contribution in [0.3, 0.4) is 0 Å². The number of fused-ring (bicyclic) bond motifs is 1. The fourth-order valence-electron chi connectivity index (χ4n) is 2.99. The van der Waals surface area contributed by atoms with Gasteiger partial charge in [0, 0.05) is 18.8 Å². The number of benzene rings is 2. The maximum atomic E-state index is 13.5. The van der Waals surface area contributed by atoms with Gasteiger partial charge < -0.3 is 4.57 Å². The van der Waals surface area contributed by atoms with Crippen molar-refractivity contribution < 1.29 is 13.2 Å². The minimum atomic E-state index is -4.24. The molecule has 2 aromatic carbocycles. The molecule has 0 aliphatic rings. The van der Waals surface area contributed by atoms with Crippen LogP contribution < -0.4 is 0 Å². The van der Waals surface area contributed by atoms with Crippen molar-refractivity contribution in [3.8, 4) is 0 Å². The topological polar surface area (TPSA) is 4.93 Å². The van der Waals surface area contributed by atoms with Gasteiger partial charge in [-0.15, -0.1) is 0 Å². The number of aromatic nitrogens is 1. The molecule has 1 nitrogen and oxygen atoms in total. The van der Waals surface area contributed by atoms with Crippen LogP contribution in [0.2, 0.25) is 0 Å². The molecule has 3 rings (SSSR count). The van der Waals surface area contributed by atoms with Crippen LogP contribution in [-0.4, -0.2) is 10.7 Å². The first kappa shape index (κ1) is 15.7. The highest BCUT2D eigenvalue weighted by atomic mass is 19.4. The number of hydrogen-bond acceptors (Lipinski definition) is 0. The van der Waals surface area contributed by atoms with Gasteiger partial charge in [0.05, 0.1) is 5.92 Å². The molecule has 23 heavy (non-hydrogen) atoms. The van der Waals surface area contributed by atoms with Crippen LogP contribution in [0.5, 0.6) is 0 Å². The highest BCUT2D eigenvalue weighted by molar-refractivity contribution is 5.80. The van der Waals surface area contributed by atoms with E-state index in [9.17, 15) is 13.2 Å². The normalized spacial score (nSPS) is 13.4. The second kappa shape index (κ2) is 6.11. The van der Waals surface area contributed by atoms with E-state index in [1.807, 2.05) is 54.2 Å². The molecule has 0 aliphatic carbocycles. The van der Waals surface area contributed by atoms with Crippen molar-refractivity contribution in [2.75, 3.05) is 0 Å². The summed E-state index contributed by atoms with van der Waals surface area (Å²) in [6.07, 6.45) is -1.90. The van der Waals surface area contributed by atoms with Gasteiger partial charge in [0.25, 0.3) is 0 Å². The number of aryl methyl sites for hydroxylation is 2. The van der Waals surface area contributed by atoms with Gasteiger partial charge in [-0.1, -0.05) is 36.4 Å². The summed E-state index contributed by atoms with van der Waals surface area (Å²) in [4.78, 5) is 0. The number of alkyl halides is 3. The van der Waals surface area contributed by atoms with Crippen LogP contribution in [0, 0.1) is 0 Å². The predicted octanol–water partition coefficient (Wildman–Crippen LogP) is 5.46. The minimum absolute atomic E-state index is 0.0614. The summed E-state index contributed by atoms with van der Waals surface area (Å²) in [7, 11) is 1.89. The summed E-state index contributed by atoms with van der Waals surface area (Å²) < 4.78 is 42.4. The minimum Gasteiger partial charge on any atom is -0.351 e. The van der Waals surface area contributed by atoms with Crippen molar-refractivity contribution in [2.24, 2.45) is 7.05 Å². The van der Waals surface area contributed by atoms with Gasteiger partial charge in [0.2, 0.25) is 0 Å². The van der Waals surface area contributed by atoms with E-state index in [4.69, 9.17) is 0 Å². The van der Waals surface area contributed by atoms with E-state index in [1.54, 1.807) is 18.2 Å². The Kier molecular flexibility index (Phi) is 4.16. The molecule has 0 saturated carbocycles. The molecule has 0 unspecified atom stereocenters. The van der Waals surface area contributed by atoms with Crippen molar-refractivity contribution in [3.63, 3.8) is 0 Å². The van der Waals surface area contributed by atoms with Crippen molar-refractivity contribution in [2.45, 2.75) is 24.9 Å². The average molecular weight is 317 g/mol. The summed E-state index contributed by atoms with van der Waals surface area (Å²) >= 11 is 0. The average Bonchev–Trinajstić information content (AvgIpc) is 2.88. The maximum absolute atomic E-state index is 13.5. The Morgan fingerprint density at radius 2 is 1.74 bits per heavy atom. The Bertz CT molecular complexity index is 787. The Hall–Kier alpha value is -2.23. The molecule has 0 aliphatic heterocycles. The first-order valence-corrected chi connectivity index (χ1v) is 7.61. The van der Waals surface area contributed by atoms with Gasteiger partial charge in [-0.25, -0.2) is 0 Å². The third-order valence-electron chi connectivity index (χ3n) is 4.27. The monoisotopic (exact) mass is 317 g/mol. The zero-order valence-corrected chi connectivity index (χ0v) is 12.8. The van der Waals surface area contributed by atoms with E-state index < -0.39 is 12.1 Å². The second-order valence-corrected chi connectivity index (χ2v) is 5.86. The first-order valence-electron chi connectivity index (χ1n) is 7.61. The SMILES string of the molecule is Cn1ccc2cc([C@@H](CCc3ccccc3)C(F)(F)F)ccc21. The van der Waals surface area contributed by atoms with E-state index in [0.29, 0.717) is 12.0 Å².